The van der Waals surface area contributed by atoms with Crippen molar-refractivity contribution in [3.63, 3.8) is 0 Å². The average molecular weight is 212 g/mol. The van der Waals surface area contributed by atoms with Crippen LogP contribution in [0.2, 0.25) is 0 Å². The summed E-state index contributed by atoms with van der Waals surface area (Å²) >= 11 is 0. The maximum absolute atomic E-state index is 12.2. The van der Waals surface area contributed by atoms with Crippen molar-refractivity contribution in [1.29, 1.82) is 0 Å². The predicted octanol–water partition coefficient (Wildman–Crippen LogP) is 2.00. The quantitative estimate of drug-likeness (QED) is 0.729. The summed E-state index contributed by atoms with van der Waals surface area (Å²) in [6, 6.07) is -0.0958. The topological polar surface area (TPSA) is 29.3 Å². The van der Waals surface area contributed by atoms with Gasteiger partial charge in [-0.15, -0.1) is 0 Å². The van der Waals surface area contributed by atoms with Crippen molar-refractivity contribution in [2.75, 3.05) is 19.6 Å². The van der Waals surface area contributed by atoms with Gasteiger partial charge in [0.1, 0.15) is 0 Å². The Morgan fingerprint density at radius 1 is 1.36 bits per heavy atom. The largest absolute Gasteiger partial charge is 0.401 e. The van der Waals surface area contributed by atoms with Crippen LogP contribution in [0.15, 0.2) is 0 Å². The minimum Gasteiger partial charge on any atom is -0.330 e. The molecule has 2 nitrogen and oxygen atoms in total. The van der Waals surface area contributed by atoms with Gasteiger partial charge in [-0.2, -0.15) is 13.2 Å². The second-order valence-electron chi connectivity index (χ2n) is 3.51. The molecule has 0 bridgehead atoms. The van der Waals surface area contributed by atoms with Crippen molar-refractivity contribution in [1.82, 2.24) is 4.90 Å². The highest BCUT2D eigenvalue weighted by Gasteiger charge is 2.31. The lowest BCUT2D eigenvalue weighted by Crippen LogP contribution is -2.41. The molecule has 0 saturated heterocycles. The molecule has 86 valence electrons. The first kappa shape index (κ1) is 13.7. The van der Waals surface area contributed by atoms with Gasteiger partial charge in [-0.05, 0) is 32.9 Å². The van der Waals surface area contributed by atoms with E-state index in [-0.39, 0.29) is 6.04 Å². The third kappa shape index (κ3) is 6.21. The van der Waals surface area contributed by atoms with E-state index in [1.54, 1.807) is 6.92 Å². The summed E-state index contributed by atoms with van der Waals surface area (Å²) in [5, 5.41) is 0. The van der Waals surface area contributed by atoms with Gasteiger partial charge in [0, 0.05) is 6.04 Å². The number of rotatable bonds is 6. The number of hydrogen-bond donors (Lipinski definition) is 1. The van der Waals surface area contributed by atoms with Crippen LogP contribution in [0.1, 0.15) is 26.7 Å². The Morgan fingerprint density at radius 2 is 1.93 bits per heavy atom. The Morgan fingerprint density at radius 3 is 2.29 bits per heavy atom. The molecular formula is C9H19F3N2. The van der Waals surface area contributed by atoms with Crippen molar-refractivity contribution in [3.8, 4) is 0 Å². The van der Waals surface area contributed by atoms with Gasteiger partial charge in [0.2, 0.25) is 0 Å². The van der Waals surface area contributed by atoms with E-state index < -0.39 is 12.7 Å². The molecule has 0 amide bonds. The zero-order valence-corrected chi connectivity index (χ0v) is 8.77. The van der Waals surface area contributed by atoms with Crippen LogP contribution in [0.4, 0.5) is 13.2 Å². The van der Waals surface area contributed by atoms with Gasteiger partial charge in [-0.25, -0.2) is 0 Å². The van der Waals surface area contributed by atoms with Crippen molar-refractivity contribution in [2.45, 2.75) is 38.9 Å². The molecule has 14 heavy (non-hydrogen) atoms. The lowest BCUT2D eigenvalue weighted by atomic mass is 10.2. The van der Waals surface area contributed by atoms with Gasteiger partial charge < -0.3 is 5.73 Å². The van der Waals surface area contributed by atoms with Gasteiger partial charge in [0.15, 0.2) is 0 Å². The maximum Gasteiger partial charge on any atom is 0.401 e. The molecule has 0 aromatic rings. The number of alkyl halides is 3. The van der Waals surface area contributed by atoms with Gasteiger partial charge in [-0.1, -0.05) is 6.92 Å². The van der Waals surface area contributed by atoms with E-state index in [1.807, 2.05) is 6.92 Å². The molecule has 0 aromatic heterocycles. The van der Waals surface area contributed by atoms with Gasteiger partial charge in [0.25, 0.3) is 0 Å². The Bertz CT molecular complexity index is 147. The first-order valence-corrected chi connectivity index (χ1v) is 4.91. The summed E-state index contributed by atoms with van der Waals surface area (Å²) in [7, 11) is 0. The molecule has 0 rings (SSSR count). The second kappa shape index (κ2) is 6.24. The molecule has 0 aliphatic carbocycles. The van der Waals surface area contributed by atoms with Gasteiger partial charge in [0.05, 0.1) is 6.54 Å². The number of nitrogens with two attached hydrogens (primary N) is 1. The molecular weight excluding hydrogens is 193 g/mol. The molecule has 0 aliphatic rings. The Labute approximate surface area is 83.3 Å². The number of hydrogen-bond acceptors (Lipinski definition) is 2. The normalized spacial score (nSPS) is 14.8. The summed E-state index contributed by atoms with van der Waals surface area (Å²) in [6.07, 6.45) is -2.78. The van der Waals surface area contributed by atoms with Crippen LogP contribution < -0.4 is 5.73 Å². The lowest BCUT2D eigenvalue weighted by molar-refractivity contribution is -0.150. The first-order valence-electron chi connectivity index (χ1n) is 4.91. The minimum atomic E-state index is -4.11. The second-order valence-corrected chi connectivity index (χ2v) is 3.51. The highest BCUT2D eigenvalue weighted by molar-refractivity contribution is 4.70. The van der Waals surface area contributed by atoms with Crippen LogP contribution in [-0.4, -0.2) is 36.8 Å². The molecule has 0 heterocycles. The van der Waals surface area contributed by atoms with E-state index in [4.69, 9.17) is 5.73 Å². The summed E-state index contributed by atoms with van der Waals surface area (Å²) in [6.45, 7) is 3.73. The smallest absolute Gasteiger partial charge is 0.330 e. The number of halogens is 3. The predicted molar refractivity (Wildman–Crippen MR) is 51.1 cm³/mol. The zero-order chi connectivity index (χ0) is 11.2. The molecule has 5 heteroatoms. The molecule has 0 spiro atoms. The molecule has 0 aliphatic heterocycles. The number of nitrogens with zero attached hydrogens (tertiary/aromatic N) is 1. The van der Waals surface area contributed by atoms with Crippen LogP contribution in [0, 0.1) is 0 Å². The third-order valence-corrected chi connectivity index (χ3v) is 2.10. The van der Waals surface area contributed by atoms with Crippen molar-refractivity contribution < 1.29 is 13.2 Å². The Kier molecular flexibility index (Phi) is 6.11. The molecule has 1 atom stereocenters. The van der Waals surface area contributed by atoms with Crippen LogP contribution in [0.3, 0.4) is 0 Å². The van der Waals surface area contributed by atoms with Crippen LogP contribution >= 0.6 is 0 Å². The third-order valence-electron chi connectivity index (χ3n) is 2.10. The molecule has 0 aromatic carbocycles. The van der Waals surface area contributed by atoms with E-state index in [0.29, 0.717) is 19.5 Å². The summed E-state index contributed by atoms with van der Waals surface area (Å²) in [5.74, 6) is 0. The van der Waals surface area contributed by atoms with E-state index in [1.165, 1.54) is 4.90 Å². The van der Waals surface area contributed by atoms with Crippen molar-refractivity contribution in [3.05, 3.63) is 0 Å². The van der Waals surface area contributed by atoms with Gasteiger partial charge in [-0.3, -0.25) is 4.90 Å². The molecule has 2 N–H and O–H groups in total. The van der Waals surface area contributed by atoms with E-state index >= 15 is 0 Å². The van der Waals surface area contributed by atoms with E-state index in [0.717, 1.165) is 6.42 Å². The Hall–Kier alpha value is -0.290. The first-order chi connectivity index (χ1) is 6.40. The highest BCUT2D eigenvalue weighted by Crippen LogP contribution is 2.18. The summed E-state index contributed by atoms with van der Waals surface area (Å²) < 4.78 is 36.5. The van der Waals surface area contributed by atoms with Crippen LogP contribution in [0.5, 0.6) is 0 Å². The molecule has 0 radical (unpaired) electrons. The summed E-state index contributed by atoms with van der Waals surface area (Å²) in [4.78, 5) is 1.44. The zero-order valence-electron chi connectivity index (χ0n) is 8.77. The van der Waals surface area contributed by atoms with E-state index in [2.05, 4.69) is 0 Å². The maximum atomic E-state index is 12.2. The molecule has 0 fully saturated rings. The van der Waals surface area contributed by atoms with Crippen molar-refractivity contribution >= 4 is 0 Å². The van der Waals surface area contributed by atoms with Crippen LogP contribution in [0.25, 0.3) is 0 Å². The van der Waals surface area contributed by atoms with Crippen LogP contribution in [-0.2, 0) is 0 Å². The van der Waals surface area contributed by atoms with E-state index in [9.17, 15) is 13.2 Å². The SMILES string of the molecule is CCCN(CC(F)(F)F)C(C)CCN. The van der Waals surface area contributed by atoms with Crippen molar-refractivity contribution in [2.24, 2.45) is 5.73 Å². The minimum absolute atomic E-state index is 0.0958. The lowest BCUT2D eigenvalue weighted by Gasteiger charge is -2.29. The summed E-state index contributed by atoms with van der Waals surface area (Å²) in [5.41, 5.74) is 5.32. The fourth-order valence-electron chi connectivity index (χ4n) is 1.40. The fourth-order valence-corrected chi connectivity index (χ4v) is 1.40. The fraction of sp³-hybridized carbons (Fsp3) is 1.00. The van der Waals surface area contributed by atoms with Gasteiger partial charge >= 0.3 is 6.18 Å². The average Bonchev–Trinajstić information content (AvgIpc) is 2.01. The molecule has 1 unspecified atom stereocenters. The monoisotopic (exact) mass is 212 g/mol. The molecule has 0 saturated carbocycles. The standard InChI is InChI=1S/C9H19F3N2/c1-3-6-14(7-9(10,11)12)8(2)4-5-13/h8H,3-7,13H2,1-2H3. The highest BCUT2D eigenvalue weighted by atomic mass is 19.4. The Balaban J connectivity index is 4.13.